The number of benzene rings is 3. The van der Waals surface area contributed by atoms with Crippen LogP contribution in [0.3, 0.4) is 0 Å². The Morgan fingerprint density at radius 1 is 1.11 bits per heavy atom. The maximum Gasteiger partial charge on any atom is 0.228 e. The largest absolute Gasteiger partial charge is 0.484 e. The number of aliphatic hydroxyl groups excluding tert-OH is 1. The van der Waals surface area contributed by atoms with Gasteiger partial charge in [0.1, 0.15) is 17.7 Å². The lowest BCUT2D eigenvalue weighted by atomic mass is 9.91. The zero-order valence-corrected chi connectivity index (χ0v) is 21.2. The number of rotatable bonds is 8. The smallest absolute Gasteiger partial charge is 0.228 e. The minimum absolute atomic E-state index is 0. The monoisotopic (exact) mass is 505 g/mol. The van der Waals surface area contributed by atoms with Crippen LogP contribution in [0.4, 0.5) is 4.39 Å². The van der Waals surface area contributed by atoms with Gasteiger partial charge in [-0.1, -0.05) is 31.2 Å². The average molecular weight is 506 g/mol. The van der Waals surface area contributed by atoms with Crippen molar-refractivity contribution < 1.29 is 19.0 Å². The topological polar surface area (TPSA) is 76.4 Å². The first-order valence-corrected chi connectivity index (χ1v) is 12.0. The molecule has 1 amide bonds. The van der Waals surface area contributed by atoms with E-state index in [1.807, 2.05) is 51.1 Å². The number of carbonyl (C=O) groups excluding carboxylic acids is 1. The van der Waals surface area contributed by atoms with Gasteiger partial charge in [-0.3, -0.25) is 4.79 Å². The Kier molecular flexibility index (Phi) is 8.39. The van der Waals surface area contributed by atoms with Crippen LogP contribution in [-0.2, 0) is 4.79 Å². The quantitative estimate of drug-likeness (QED) is 0.305. The molecular weight excluding hydrogens is 469 g/mol. The van der Waals surface area contributed by atoms with Crippen LogP contribution in [0.1, 0.15) is 51.0 Å². The van der Waals surface area contributed by atoms with Crippen molar-refractivity contribution in [3.63, 3.8) is 0 Å². The standard InChI is InChI=1S/C29H32FN3O3.CH4/c1-18-6-7-19(2)25(14-18)27(20(3)32-28(35)29(4,5)17-34)36-24-12-13-26-21(15-24)16-31-33(26)23-10-8-22(30)9-11-23;/h6-16,20,27,34H,17H2,1-5H3,(H,32,35);1H4/t20-,27-;/m0./s1. The maximum absolute atomic E-state index is 13.4. The molecule has 7 heteroatoms. The fraction of sp³-hybridized carbons (Fsp3) is 0.333. The summed E-state index contributed by atoms with van der Waals surface area (Å²) in [6.45, 7) is 9.10. The molecule has 4 rings (SSSR count). The van der Waals surface area contributed by atoms with Crippen molar-refractivity contribution in [2.24, 2.45) is 5.41 Å². The third kappa shape index (κ3) is 6.00. The normalized spacial score (nSPS) is 13.1. The lowest BCUT2D eigenvalue weighted by Crippen LogP contribution is -2.46. The highest BCUT2D eigenvalue weighted by atomic mass is 19.1. The van der Waals surface area contributed by atoms with E-state index < -0.39 is 11.5 Å². The molecule has 0 saturated heterocycles. The van der Waals surface area contributed by atoms with Crippen molar-refractivity contribution in [1.82, 2.24) is 15.1 Å². The number of hydrogen-bond donors (Lipinski definition) is 2. The second kappa shape index (κ2) is 11.1. The van der Waals surface area contributed by atoms with Crippen LogP contribution in [0.5, 0.6) is 5.75 Å². The van der Waals surface area contributed by atoms with Gasteiger partial charge in [0.2, 0.25) is 5.91 Å². The Morgan fingerprint density at radius 2 is 1.81 bits per heavy atom. The molecule has 0 aliphatic carbocycles. The van der Waals surface area contributed by atoms with E-state index in [1.54, 1.807) is 36.9 Å². The molecule has 0 aliphatic heterocycles. The third-order valence-electron chi connectivity index (χ3n) is 6.44. The van der Waals surface area contributed by atoms with Gasteiger partial charge in [-0.15, -0.1) is 0 Å². The Balaban J connectivity index is 0.00000380. The summed E-state index contributed by atoms with van der Waals surface area (Å²) in [5.41, 5.74) is 3.84. The molecule has 0 unspecified atom stereocenters. The SMILES string of the molecule is C.Cc1ccc(C)c([C@@H](Oc2ccc3c(cnn3-c3ccc(F)cc3)c2)[C@H](C)NC(=O)C(C)(C)CO)c1. The fourth-order valence-corrected chi connectivity index (χ4v) is 4.07. The number of nitrogens with zero attached hydrogens (tertiary/aromatic N) is 2. The van der Waals surface area contributed by atoms with Crippen LogP contribution >= 0.6 is 0 Å². The van der Waals surface area contributed by atoms with Crippen LogP contribution in [-0.4, -0.2) is 33.4 Å². The first-order chi connectivity index (χ1) is 17.1. The highest BCUT2D eigenvalue weighted by Gasteiger charge is 2.31. The number of aryl methyl sites for hydroxylation is 2. The molecule has 2 atom stereocenters. The van der Waals surface area contributed by atoms with Crippen molar-refractivity contribution in [1.29, 1.82) is 0 Å². The first kappa shape index (κ1) is 27.9. The number of aliphatic hydroxyl groups is 1. The predicted octanol–water partition coefficient (Wildman–Crippen LogP) is 6.06. The van der Waals surface area contributed by atoms with Crippen molar-refractivity contribution >= 4 is 16.8 Å². The first-order valence-electron chi connectivity index (χ1n) is 12.0. The lowest BCUT2D eigenvalue weighted by Gasteiger charge is -2.30. The summed E-state index contributed by atoms with van der Waals surface area (Å²) in [5.74, 6) is 0.0916. The van der Waals surface area contributed by atoms with Crippen molar-refractivity contribution in [3.05, 3.63) is 89.4 Å². The van der Waals surface area contributed by atoms with E-state index in [1.165, 1.54) is 12.1 Å². The van der Waals surface area contributed by atoms with Crippen LogP contribution in [0.25, 0.3) is 16.6 Å². The molecule has 0 aliphatic rings. The van der Waals surface area contributed by atoms with Gasteiger partial charge < -0.3 is 15.2 Å². The summed E-state index contributed by atoms with van der Waals surface area (Å²) in [6, 6.07) is 17.7. The molecule has 0 bridgehead atoms. The minimum Gasteiger partial charge on any atom is -0.484 e. The second-order valence-corrected chi connectivity index (χ2v) is 9.96. The number of carbonyl (C=O) groups is 1. The Bertz CT molecular complexity index is 1380. The highest BCUT2D eigenvalue weighted by Crippen LogP contribution is 2.31. The van der Waals surface area contributed by atoms with Crippen molar-refractivity contribution in [2.75, 3.05) is 6.61 Å². The summed E-state index contributed by atoms with van der Waals surface area (Å²) >= 11 is 0. The molecule has 1 heterocycles. The van der Waals surface area contributed by atoms with Crippen LogP contribution in [0.15, 0.2) is 66.9 Å². The van der Waals surface area contributed by atoms with Crippen LogP contribution < -0.4 is 10.1 Å². The number of aromatic nitrogens is 2. The molecule has 0 radical (unpaired) electrons. The molecule has 0 spiro atoms. The molecule has 3 aromatic carbocycles. The number of ether oxygens (including phenoxy) is 1. The Hall–Kier alpha value is -3.71. The number of halogens is 1. The zero-order chi connectivity index (χ0) is 26.0. The molecule has 4 aromatic rings. The van der Waals surface area contributed by atoms with Crippen molar-refractivity contribution in [2.45, 2.75) is 54.2 Å². The molecule has 0 saturated carbocycles. The maximum atomic E-state index is 13.4. The molecule has 1 aromatic heterocycles. The summed E-state index contributed by atoms with van der Waals surface area (Å²) in [5, 5.41) is 18.0. The van der Waals surface area contributed by atoms with E-state index in [2.05, 4.69) is 16.5 Å². The van der Waals surface area contributed by atoms with Crippen LogP contribution in [0, 0.1) is 25.1 Å². The van der Waals surface area contributed by atoms with E-state index in [9.17, 15) is 14.3 Å². The van der Waals surface area contributed by atoms with Gasteiger partial charge in [0.25, 0.3) is 0 Å². The second-order valence-electron chi connectivity index (χ2n) is 9.96. The van der Waals surface area contributed by atoms with Gasteiger partial charge in [0, 0.05) is 5.39 Å². The summed E-state index contributed by atoms with van der Waals surface area (Å²) in [7, 11) is 0. The summed E-state index contributed by atoms with van der Waals surface area (Å²) in [6.07, 6.45) is 1.28. The van der Waals surface area contributed by atoms with Crippen LogP contribution in [0.2, 0.25) is 0 Å². The van der Waals surface area contributed by atoms with E-state index >= 15 is 0 Å². The summed E-state index contributed by atoms with van der Waals surface area (Å²) in [4.78, 5) is 12.8. The predicted molar refractivity (Wildman–Crippen MR) is 146 cm³/mol. The van der Waals surface area contributed by atoms with Crippen molar-refractivity contribution in [3.8, 4) is 11.4 Å². The lowest BCUT2D eigenvalue weighted by molar-refractivity contribution is -0.132. The molecule has 2 N–H and O–H groups in total. The van der Waals surface area contributed by atoms with E-state index in [0.717, 1.165) is 33.3 Å². The molecular formula is C30H36FN3O3. The molecule has 6 nitrogen and oxygen atoms in total. The number of hydrogen-bond acceptors (Lipinski definition) is 4. The average Bonchev–Trinajstić information content (AvgIpc) is 3.27. The number of nitrogens with one attached hydrogen (secondary N) is 1. The molecule has 37 heavy (non-hydrogen) atoms. The number of amides is 1. The van der Waals surface area contributed by atoms with Gasteiger partial charge >= 0.3 is 0 Å². The van der Waals surface area contributed by atoms with Gasteiger partial charge in [0.15, 0.2) is 0 Å². The summed E-state index contributed by atoms with van der Waals surface area (Å²) < 4.78 is 21.6. The molecule has 196 valence electrons. The van der Waals surface area contributed by atoms with Gasteiger partial charge in [0.05, 0.1) is 35.5 Å². The Morgan fingerprint density at radius 3 is 2.49 bits per heavy atom. The highest BCUT2D eigenvalue weighted by molar-refractivity contribution is 5.82. The van der Waals surface area contributed by atoms with E-state index in [-0.39, 0.29) is 31.8 Å². The molecule has 0 fully saturated rings. The van der Waals surface area contributed by atoms with E-state index in [0.29, 0.717) is 5.75 Å². The third-order valence-corrected chi connectivity index (χ3v) is 6.44. The van der Waals surface area contributed by atoms with Gasteiger partial charge in [-0.05, 0) is 88.2 Å². The van der Waals surface area contributed by atoms with Gasteiger partial charge in [-0.25, -0.2) is 9.07 Å². The van der Waals surface area contributed by atoms with E-state index in [4.69, 9.17) is 4.74 Å². The van der Waals surface area contributed by atoms with Gasteiger partial charge in [-0.2, -0.15) is 5.10 Å². The minimum atomic E-state index is -0.908. The zero-order valence-electron chi connectivity index (χ0n) is 21.2. The Labute approximate surface area is 218 Å². The fourth-order valence-electron chi connectivity index (χ4n) is 4.07. The number of fused-ring (bicyclic) bond motifs is 1.